The van der Waals surface area contributed by atoms with Gasteiger partial charge in [0.05, 0.1) is 0 Å². The number of piperidine rings is 1. The van der Waals surface area contributed by atoms with Crippen LogP contribution in [0.15, 0.2) is 42.6 Å². The van der Waals surface area contributed by atoms with E-state index in [1.165, 1.54) is 35.2 Å². The maximum atomic E-state index is 4.67. The number of pyridine rings is 1. The van der Waals surface area contributed by atoms with Crippen molar-refractivity contribution >= 4 is 0 Å². The first-order valence-corrected chi connectivity index (χ1v) is 8.00. The molecule has 0 radical (unpaired) electrons. The highest BCUT2D eigenvalue weighted by Crippen LogP contribution is 2.17. The molecule has 0 atom stereocenters. The molecule has 1 N–H and O–H groups in total. The molecule has 0 unspecified atom stereocenters. The number of hydrogen-bond acceptors (Lipinski definition) is 2. The number of aromatic nitrogens is 1. The van der Waals surface area contributed by atoms with Crippen LogP contribution in [-0.4, -0.2) is 18.1 Å². The summed E-state index contributed by atoms with van der Waals surface area (Å²) in [5, 5.41) is 3.42. The molecular weight excluding hydrogens is 256 g/mol. The molecule has 0 aliphatic carbocycles. The number of aryl methyl sites for hydroxylation is 1. The Morgan fingerprint density at radius 1 is 1.10 bits per heavy atom. The van der Waals surface area contributed by atoms with Gasteiger partial charge in [-0.25, -0.2) is 0 Å². The molecule has 1 aromatic carbocycles. The summed E-state index contributed by atoms with van der Waals surface area (Å²) >= 11 is 0. The highest BCUT2D eigenvalue weighted by atomic mass is 14.9. The average molecular weight is 280 g/mol. The summed E-state index contributed by atoms with van der Waals surface area (Å²) in [6.45, 7) is 4.47. The maximum absolute atomic E-state index is 4.67. The van der Waals surface area contributed by atoms with Gasteiger partial charge in [0.1, 0.15) is 0 Å². The van der Waals surface area contributed by atoms with Crippen molar-refractivity contribution < 1.29 is 0 Å². The fourth-order valence-corrected chi connectivity index (χ4v) is 3.12. The van der Waals surface area contributed by atoms with E-state index in [4.69, 9.17) is 0 Å². The summed E-state index contributed by atoms with van der Waals surface area (Å²) in [6, 6.07) is 13.2. The SMILES string of the molecule is Cc1cccc(Cc2ccc(CC3CCNCC3)nc2)c1. The van der Waals surface area contributed by atoms with Crippen molar-refractivity contribution in [2.45, 2.75) is 32.6 Å². The van der Waals surface area contributed by atoms with E-state index in [1.54, 1.807) is 0 Å². The maximum Gasteiger partial charge on any atom is 0.0406 e. The second-order valence-corrected chi connectivity index (χ2v) is 6.22. The quantitative estimate of drug-likeness (QED) is 0.927. The van der Waals surface area contributed by atoms with Gasteiger partial charge in [0.25, 0.3) is 0 Å². The largest absolute Gasteiger partial charge is 0.317 e. The van der Waals surface area contributed by atoms with Crippen LogP contribution in [0.1, 0.15) is 35.2 Å². The Labute approximate surface area is 127 Å². The molecule has 0 bridgehead atoms. The van der Waals surface area contributed by atoms with Gasteiger partial charge in [-0.15, -0.1) is 0 Å². The molecule has 1 aromatic heterocycles. The lowest BCUT2D eigenvalue weighted by molar-refractivity contribution is 0.370. The highest BCUT2D eigenvalue weighted by Gasteiger charge is 2.13. The molecule has 2 nitrogen and oxygen atoms in total. The summed E-state index contributed by atoms with van der Waals surface area (Å²) < 4.78 is 0. The third-order valence-corrected chi connectivity index (χ3v) is 4.33. The van der Waals surface area contributed by atoms with E-state index in [-0.39, 0.29) is 0 Å². The van der Waals surface area contributed by atoms with Gasteiger partial charge in [-0.1, -0.05) is 35.9 Å². The predicted octanol–water partition coefficient (Wildman–Crippen LogP) is 3.52. The second-order valence-electron chi connectivity index (χ2n) is 6.22. The zero-order valence-electron chi connectivity index (χ0n) is 12.8. The van der Waals surface area contributed by atoms with Crippen LogP contribution in [0.5, 0.6) is 0 Å². The van der Waals surface area contributed by atoms with Crippen molar-refractivity contribution in [3.05, 3.63) is 65.0 Å². The van der Waals surface area contributed by atoms with Crippen molar-refractivity contribution in [2.24, 2.45) is 5.92 Å². The Balaban J connectivity index is 1.61. The van der Waals surface area contributed by atoms with Gasteiger partial charge in [-0.05, 0) is 68.8 Å². The number of hydrogen-bond donors (Lipinski definition) is 1. The normalized spacial score (nSPS) is 16.0. The molecule has 110 valence electrons. The Bertz CT molecular complexity index is 568. The first-order chi connectivity index (χ1) is 10.3. The standard InChI is InChI=1S/C19H24N2/c1-15-3-2-4-17(11-15)12-18-5-6-19(21-14-18)13-16-7-9-20-10-8-16/h2-6,11,14,16,20H,7-10,12-13H2,1H3. The second kappa shape index (κ2) is 6.86. The molecule has 1 saturated heterocycles. The van der Waals surface area contributed by atoms with E-state index in [0.717, 1.165) is 31.8 Å². The average Bonchev–Trinajstić information content (AvgIpc) is 2.50. The van der Waals surface area contributed by atoms with Gasteiger partial charge in [0.2, 0.25) is 0 Å². The summed E-state index contributed by atoms with van der Waals surface area (Å²) in [4.78, 5) is 4.67. The van der Waals surface area contributed by atoms with Crippen LogP contribution >= 0.6 is 0 Å². The van der Waals surface area contributed by atoms with Gasteiger partial charge < -0.3 is 5.32 Å². The summed E-state index contributed by atoms with van der Waals surface area (Å²) in [5.41, 5.74) is 5.23. The molecule has 2 aromatic rings. The van der Waals surface area contributed by atoms with Crippen LogP contribution in [0, 0.1) is 12.8 Å². The predicted molar refractivity (Wildman–Crippen MR) is 87.5 cm³/mol. The number of benzene rings is 1. The molecule has 0 saturated carbocycles. The van der Waals surface area contributed by atoms with Crippen LogP contribution in [-0.2, 0) is 12.8 Å². The third-order valence-electron chi connectivity index (χ3n) is 4.33. The Morgan fingerprint density at radius 2 is 1.95 bits per heavy atom. The van der Waals surface area contributed by atoms with Crippen LogP contribution in [0.3, 0.4) is 0 Å². The topological polar surface area (TPSA) is 24.9 Å². The molecule has 2 heteroatoms. The number of nitrogens with zero attached hydrogens (tertiary/aromatic N) is 1. The minimum atomic E-state index is 0.807. The smallest absolute Gasteiger partial charge is 0.0406 e. The summed E-state index contributed by atoms with van der Waals surface area (Å²) in [7, 11) is 0. The van der Waals surface area contributed by atoms with Crippen molar-refractivity contribution in [3.63, 3.8) is 0 Å². The lowest BCUT2D eigenvalue weighted by atomic mass is 9.93. The van der Waals surface area contributed by atoms with E-state index in [9.17, 15) is 0 Å². The van der Waals surface area contributed by atoms with E-state index >= 15 is 0 Å². The van der Waals surface area contributed by atoms with Gasteiger partial charge in [-0.2, -0.15) is 0 Å². The third kappa shape index (κ3) is 4.15. The van der Waals surface area contributed by atoms with Crippen molar-refractivity contribution in [1.29, 1.82) is 0 Å². The first kappa shape index (κ1) is 14.3. The lowest BCUT2D eigenvalue weighted by Crippen LogP contribution is -2.28. The molecular formula is C19H24N2. The van der Waals surface area contributed by atoms with Crippen LogP contribution in [0.2, 0.25) is 0 Å². The Kier molecular flexibility index (Phi) is 4.66. The van der Waals surface area contributed by atoms with Gasteiger partial charge in [-0.3, -0.25) is 4.98 Å². The van der Waals surface area contributed by atoms with Crippen LogP contribution < -0.4 is 5.32 Å². The van der Waals surface area contributed by atoms with Gasteiger partial charge in [0, 0.05) is 11.9 Å². The fraction of sp³-hybridized carbons (Fsp3) is 0.421. The molecule has 1 fully saturated rings. The highest BCUT2D eigenvalue weighted by molar-refractivity contribution is 5.28. The molecule has 3 rings (SSSR count). The van der Waals surface area contributed by atoms with Gasteiger partial charge in [0.15, 0.2) is 0 Å². The minimum absolute atomic E-state index is 0.807. The van der Waals surface area contributed by atoms with Gasteiger partial charge >= 0.3 is 0 Å². The molecule has 0 amide bonds. The number of rotatable bonds is 4. The Hall–Kier alpha value is -1.67. The zero-order chi connectivity index (χ0) is 14.5. The molecule has 1 aliphatic heterocycles. The van der Waals surface area contributed by atoms with Crippen LogP contribution in [0.25, 0.3) is 0 Å². The van der Waals surface area contributed by atoms with E-state index in [1.807, 2.05) is 0 Å². The van der Waals surface area contributed by atoms with Crippen molar-refractivity contribution in [3.8, 4) is 0 Å². The van der Waals surface area contributed by atoms with Crippen molar-refractivity contribution in [1.82, 2.24) is 10.3 Å². The number of nitrogens with one attached hydrogen (secondary N) is 1. The summed E-state index contributed by atoms with van der Waals surface area (Å²) in [6.07, 6.45) is 6.73. The molecule has 21 heavy (non-hydrogen) atoms. The van der Waals surface area contributed by atoms with E-state index in [0.29, 0.717) is 0 Å². The van der Waals surface area contributed by atoms with E-state index in [2.05, 4.69) is 59.8 Å². The minimum Gasteiger partial charge on any atom is -0.317 e. The van der Waals surface area contributed by atoms with Crippen molar-refractivity contribution in [2.75, 3.05) is 13.1 Å². The summed E-state index contributed by atoms with van der Waals surface area (Å²) in [5.74, 6) is 0.807. The molecule has 1 aliphatic rings. The zero-order valence-corrected chi connectivity index (χ0v) is 12.8. The van der Waals surface area contributed by atoms with Crippen LogP contribution in [0.4, 0.5) is 0 Å². The molecule has 0 spiro atoms. The molecule has 2 heterocycles. The Morgan fingerprint density at radius 3 is 2.67 bits per heavy atom. The van der Waals surface area contributed by atoms with E-state index < -0.39 is 0 Å². The lowest BCUT2D eigenvalue weighted by Gasteiger charge is -2.22. The monoisotopic (exact) mass is 280 g/mol. The fourth-order valence-electron chi connectivity index (χ4n) is 3.12. The first-order valence-electron chi connectivity index (χ1n) is 8.00.